The average Bonchev–Trinajstić information content (AvgIpc) is 3.02. The number of ketones is 1. The van der Waals surface area contributed by atoms with Gasteiger partial charge in [-0.3, -0.25) is 9.59 Å². The quantitative estimate of drug-likeness (QED) is 0.269. The van der Waals surface area contributed by atoms with Crippen LogP contribution >= 0.6 is 0 Å². The molecule has 1 heterocycles. The summed E-state index contributed by atoms with van der Waals surface area (Å²) in [6, 6.07) is 10.7. The second-order valence-corrected chi connectivity index (χ2v) is 8.82. The third-order valence-electron chi connectivity index (χ3n) is 5.89. The molecule has 2 aromatic rings. The summed E-state index contributed by atoms with van der Waals surface area (Å²) >= 11 is 0. The van der Waals surface area contributed by atoms with E-state index in [-0.39, 0.29) is 17.4 Å². The van der Waals surface area contributed by atoms with Crippen LogP contribution in [0.2, 0.25) is 0 Å². The summed E-state index contributed by atoms with van der Waals surface area (Å²) in [7, 11) is 1.59. The lowest BCUT2D eigenvalue weighted by Gasteiger charge is -2.26. The second kappa shape index (κ2) is 10.2. The number of ether oxygens (including phenoxy) is 2. The number of hydrogen-bond donors (Lipinski definition) is 1. The van der Waals surface area contributed by atoms with Gasteiger partial charge in [0, 0.05) is 18.7 Å². The van der Waals surface area contributed by atoms with Crippen molar-refractivity contribution in [2.45, 2.75) is 53.2 Å². The predicted octanol–water partition coefficient (Wildman–Crippen LogP) is 4.86. The molecule has 176 valence electrons. The third kappa shape index (κ3) is 5.11. The third-order valence-corrected chi connectivity index (χ3v) is 5.89. The molecule has 0 aromatic heterocycles. The Bertz CT molecular complexity index is 1090. The number of aryl methyl sites for hydroxylation is 3. The number of benzene rings is 2. The van der Waals surface area contributed by atoms with E-state index in [1.54, 1.807) is 18.1 Å². The van der Waals surface area contributed by atoms with E-state index in [1.165, 1.54) is 0 Å². The van der Waals surface area contributed by atoms with Crippen LogP contribution in [0.1, 0.15) is 54.1 Å². The molecule has 1 atom stereocenters. The van der Waals surface area contributed by atoms with Crippen molar-refractivity contribution in [3.63, 3.8) is 0 Å². The normalized spacial score (nSPS) is 17.8. The Hall–Kier alpha value is -3.12. The molecule has 1 aliphatic heterocycles. The maximum Gasteiger partial charge on any atom is 0.295 e. The Morgan fingerprint density at radius 1 is 1.09 bits per heavy atom. The molecule has 1 amide bonds. The van der Waals surface area contributed by atoms with Crippen LogP contribution in [0.3, 0.4) is 0 Å². The van der Waals surface area contributed by atoms with Crippen LogP contribution in [-0.2, 0) is 14.3 Å². The summed E-state index contributed by atoms with van der Waals surface area (Å²) < 4.78 is 11.0. The van der Waals surface area contributed by atoms with E-state index < -0.39 is 17.7 Å². The molecular formula is C27H33NO5. The maximum absolute atomic E-state index is 13.2. The van der Waals surface area contributed by atoms with Gasteiger partial charge in [0.05, 0.1) is 24.8 Å². The van der Waals surface area contributed by atoms with Gasteiger partial charge in [0.1, 0.15) is 11.5 Å². The molecule has 1 fully saturated rings. The number of methoxy groups -OCH3 is 1. The van der Waals surface area contributed by atoms with E-state index in [0.717, 1.165) is 22.3 Å². The average molecular weight is 452 g/mol. The Morgan fingerprint density at radius 2 is 1.82 bits per heavy atom. The number of aliphatic hydroxyl groups is 1. The van der Waals surface area contributed by atoms with Gasteiger partial charge in [0.15, 0.2) is 0 Å². The highest BCUT2D eigenvalue weighted by Crippen LogP contribution is 2.40. The molecule has 3 rings (SSSR count). The maximum atomic E-state index is 13.2. The van der Waals surface area contributed by atoms with E-state index in [9.17, 15) is 14.7 Å². The molecule has 6 nitrogen and oxygen atoms in total. The first kappa shape index (κ1) is 24.5. The summed E-state index contributed by atoms with van der Waals surface area (Å²) in [5.74, 6) is -0.735. The van der Waals surface area contributed by atoms with Crippen molar-refractivity contribution >= 4 is 17.4 Å². The van der Waals surface area contributed by atoms with Crippen molar-refractivity contribution in [3.8, 4) is 5.75 Å². The number of aliphatic hydroxyl groups excluding tert-OH is 1. The number of likely N-dealkylation sites (tertiary alicyclic amines) is 1. The lowest BCUT2D eigenvalue weighted by atomic mass is 9.92. The zero-order chi connectivity index (χ0) is 24.3. The van der Waals surface area contributed by atoms with E-state index in [0.29, 0.717) is 30.9 Å². The fraction of sp³-hybridized carbons (Fsp3) is 0.407. The molecule has 1 aliphatic rings. The first-order valence-electron chi connectivity index (χ1n) is 11.3. The van der Waals surface area contributed by atoms with Gasteiger partial charge in [-0.1, -0.05) is 29.8 Å². The highest BCUT2D eigenvalue weighted by atomic mass is 16.5. The molecule has 6 heteroatoms. The lowest BCUT2D eigenvalue weighted by Crippen LogP contribution is -2.31. The number of nitrogens with zero attached hydrogens (tertiary/aromatic N) is 1. The van der Waals surface area contributed by atoms with E-state index in [1.807, 2.05) is 65.0 Å². The minimum atomic E-state index is -0.670. The number of rotatable bonds is 8. The van der Waals surface area contributed by atoms with Crippen LogP contribution in [0.15, 0.2) is 42.0 Å². The van der Waals surface area contributed by atoms with Gasteiger partial charge >= 0.3 is 0 Å². The number of carbonyl (C=O) groups excluding carboxylic acids is 2. The van der Waals surface area contributed by atoms with Crippen LogP contribution in [0.25, 0.3) is 5.76 Å². The first-order valence-corrected chi connectivity index (χ1v) is 11.3. The molecule has 0 aliphatic carbocycles. The summed E-state index contributed by atoms with van der Waals surface area (Å²) in [5, 5.41) is 11.4. The topological polar surface area (TPSA) is 76.1 Å². The Labute approximate surface area is 195 Å². The number of carbonyl (C=O) groups is 2. The Morgan fingerprint density at radius 3 is 2.45 bits per heavy atom. The Balaban J connectivity index is 2.11. The minimum Gasteiger partial charge on any atom is -0.507 e. The van der Waals surface area contributed by atoms with Gasteiger partial charge in [-0.15, -0.1) is 0 Å². The second-order valence-electron chi connectivity index (χ2n) is 8.82. The molecule has 0 bridgehead atoms. The molecule has 1 unspecified atom stereocenters. The van der Waals surface area contributed by atoms with Crippen molar-refractivity contribution in [1.82, 2.24) is 4.90 Å². The van der Waals surface area contributed by atoms with Gasteiger partial charge in [-0.05, 0) is 69.9 Å². The van der Waals surface area contributed by atoms with Crippen molar-refractivity contribution in [3.05, 3.63) is 69.8 Å². The lowest BCUT2D eigenvalue weighted by molar-refractivity contribution is -0.140. The highest BCUT2D eigenvalue weighted by Gasteiger charge is 2.46. The summed E-state index contributed by atoms with van der Waals surface area (Å²) in [6.45, 7) is 10.4. The van der Waals surface area contributed by atoms with Crippen molar-refractivity contribution in [2.24, 2.45) is 0 Å². The first-order chi connectivity index (χ1) is 15.6. The van der Waals surface area contributed by atoms with Gasteiger partial charge in [-0.25, -0.2) is 0 Å². The summed E-state index contributed by atoms with van der Waals surface area (Å²) in [6.07, 6.45) is 0.683. The van der Waals surface area contributed by atoms with E-state index in [2.05, 4.69) is 0 Å². The molecular weight excluding hydrogens is 418 g/mol. The number of Topliss-reactive ketones (excluding diaryl/α,β-unsaturated/α-hetero) is 1. The van der Waals surface area contributed by atoms with Crippen LogP contribution in [0.5, 0.6) is 5.75 Å². The van der Waals surface area contributed by atoms with Gasteiger partial charge in [0.25, 0.3) is 11.7 Å². The number of amides is 1. The molecule has 2 aromatic carbocycles. The van der Waals surface area contributed by atoms with Gasteiger partial charge in [-0.2, -0.15) is 0 Å². The monoisotopic (exact) mass is 451 g/mol. The van der Waals surface area contributed by atoms with E-state index >= 15 is 0 Å². The molecule has 33 heavy (non-hydrogen) atoms. The van der Waals surface area contributed by atoms with Gasteiger partial charge in [0.2, 0.25) is 0 Å². The molecule has 0 radical (unpaired) electrons. The molecule has 1 N–H and O–H groups in total. The fourth-order valence-electron chi connectivity index (χ4n) is 4.26. The molecule has 1 saturated heterocycles. The SMILES string of the molecule is COc1cc(C)c(/C(O)=C2\C(=O)C(=O)N(CCCOC(C)C)C2c2cccc(C)c2)cc1C. The minimum absolute atomic E-state index is 0.0919. The van der Waals surface area contributed by atoms with Crippen LogP contribution in [0.4, 0.5) is 0 Å². The van der Waals surface area contributed by atoms with Crippen molar-refractivity contribution in [1.29, 1.82) is 0 Å². The van der Waals surface area contributed by atoms with Crippen LogP contribution in [0, 0.1) is 20.8 Å². The largest absolute Gasteiger partial charge is 0.507 e. The van der Waals surface area contributed by atoms with Crippen LogP contribution < -0.4 is 4.74 Å². The standard InChI is InChI=1S/C27H33NO5/c1-16(2)33-12-8-11-28-24(20-10-7-9-17(3)13-20)23(26(30)27(28)31)25(29)21-14-19(5)22(32-6)15-18(21)4/h7,9-10,13-16,24,29H,8,11-12H2,1-6H3/b25-23+. The van der Waals surface area contributed by atoms with Gasteiger partial charge < -0.3 is 19.5 Å². The van der Waals surface area contributed by atoms with E-state index in [4.69, 9.17) is 9.47 Å². The number of hydrogen-bond acceptors (Lipinski definition) is 5. The van der Waals surface area contributed by atoms with Crippen molar-refractivity contribution in [2.75, 3.05) is 20.3 Å². The zero-order valence-corrected chi connectivity index (χ0v) is 20.3. The predicted molar refractivity (Wildman–Crippen MR) is 128 cm³/mol. The highest BCUT2D eigenvalue weighted by molar-refractivity contribution is 6.46. The fourth-order valence-corrected chi connectivity index (χ4v) is 4.26. The van der Waals surface area contributed by atoms with Crippen molar-refractivity contribution < 1.29 is 24.2 Å². The zero-order valence-electron chi connectivity index (χ0n) is 20.3. The Kier molecular flexibility index (Phi) is 7.59. The molecule has 0 saturated carbocycles. The smallest absolute Gasteiger partial charge is 0.295 e. The summed E-state index contributed by atoms with van der Waals surface area (Å²) in [4.78, 5) is 27.8. The summed E-state index contributed by atoms with van der Waals surface area (Å²) in [5.41, 5.74) is 4.03. The van der Waals surface area contributed by atoms with Crippen LogP contribution in [-0.4, -0.2) is 48.1 Å². The molecule has 0 spiro atoms.